The first-order chi connectivity index (χ1) is 15.0. The number of anilines is 2. The van der Waals surface area contributed by atoms with Crippen molar-refractivity contribution in [2.45, 2.75) is 11.1 Å². The number of hydrogen-bond acceptors (Lipinski definition) is 4. The van der Waals surface area contributed by atoms with Crippen LogP contribution in [-0.2, 0) is 21.0 Å². The van der Waals surface area contributed by atoms with Gasteiger partial charge < -0.3 is 10.1 Å². The molecule has 0 aromatic heterocycles. The summed E-state index contributed by atoms with van der Waals surface area (Å²) in [6.07, 6.45) is -4.47. The first kappa shape index (κ1) is 23.4. The number of benzene rings is 3. The molecule has 0 bridgehead atoms. The number of para-hydroxylation sites is 1. The predicted molar refractivity (Wildman–Crippen MR) is 114 cm³/mol. The summed E-state index contributed by atoms with van der Waals surface area (Å²) in [4.78, 5) is 11.9. The molecule has 1 amide bonds. The zero-order valence-corrected chi connectivity index (χ0v) is 17.8. The molecule has 3 aromatic carbocycles. The maximum Gasteiger partial charge on any atom is 0.416 e. The van der Waals surface area contributed by atoms with Crippen LogP contribution in [0.3, 0.4) is 0 Å². The summed E-state index contributed by atoms with van der Waals surface area (Å²) in [5.74, 6) is -0.573. The van der Waals surface area contributed by atoms with E-state index in [1.807, 2.05) is 0 Å². The van der Waals surface area contributed by atoms with Crippen molar-refractivity contribution >= 4 is 38.9 Å². The van der Waals surface area contributed by atoms with Gasteiger partial charge in [-0.3, -0.25) is 9.52 Å². The van der Waals surface area contributed by atoms with E-state index in [1.54, 1.807) is 30.3 Å². The summed E-state index contributed by atoms with van der Waals surface area (Å²) in [6, 6.07) is 15.9. The molecule has 0 spiro atoms. The lowest BCUT2D eigenvalue weighted by atomic mass is 10.2. The lowest BCUT2D eigenvalue weighted by molar-refractivity contribution is -0.137. The largest absolute Gasteiger partial charge is 0.482 e. The quantitative estimate of drug-likeness (QED) is 0.484. The van der Waals surface area contributed by atoms with Crippen molar-refractivity contribution in [1.82, 2.24) is 0 Å². The van der Waals surface area contributed by atoms with E-state index in [2.05, 4.69) is 10.0 Å². The van der Waals surface area contributed by atoms with Gasteiger partial charge in [-0.05, 0) is 54.6 Å². The fourth-order valence-corrected chi connectivity index (χ4v) is 3.95. The minimum absolute atomic E-state index is 0.0386. The van der Waals surface area contributed by atoms with Crippen LogP contribution < -0.4 is 14.8 Å². The third kappa shape index (κ3) is 6.14. The van der Waals surface area contributed by atoms with Crippen LogP contribution in [0.5, 0.6) is 5.75 Å². The van der Waals surface area contributed by atoms with E-state index in [-0.39, 0.29) is 21.4 Å². The third-order valence-electron chi connectivity index (χ3n) is 4.09. The highest BCUT2D eigenvalue weighted by Gasteiger charge is 2.30. The van der Waals surface area contributed by atoms with Crippen molar-refractivity contribution < 1.29 is 31.1 Å². The lowest BCUT2D eigenvalue weighted by Gasteiger charge is -2.12. The monoisotopic (exact) mass is 484 g/mol. The molecule has 0 aliphatic heterocycles. The topological polar surface area (TPSA) is 84.5 Å². The molecular formula is C21H16ClF3N2O4S. The van der Waals surface area contributed by atoms with E-state index in [4.69, 9.17) is 16.3 Å². The summed E-state index contributed by atoms with van der Waals surface area (Å²) in [7, 11) is -3.89. The van der Waals surface area contributed by atoms with Gasteiger partial charge in [-0.25, -0.2) is 8.42 Å². The molecule has 0 atom stereocenters. The molecule has 11 heteroatoms. The number of rotatable bonds is 7. The van der Waals surface area contributed by atoms with Crippen molar-refractivity contribution in [2.75, 3.05) is 16.6 Å². The van der Waals surface area contributed by atoms with Crippen molar-refractivity contribution in [1.29, 1.82) is 0 Å². The molecule has 0 aliphatic rings. The van der Waals surface area contributed by atoms with E-state index in [0.29, 0.717) is 5.69 Å². The van der Waals surface area contributed by atoms with Gasteiger partial charge in [0.15, 0.2) is 6.61 Å². The Hall–Kier alpha value is -3.24. The Bertz CT molecular complexity index is 1200. The Morgan fingerprint density at radius 1 is 0.938 bits per heavy atom. The fourth-order valence-electron chi connectivity index (χ4n) is 2.57. The van der Waals surface area contributed by atoms with E-state index in [9.17, 15) is 26.4 Å². The average Bonchev–Trinajstić information content (AvgIpc) is 2.73. The van der Waals surface area contributed by atoms with Crippen LogP contribution in [0, 0.1) is 0 Å². The average molecular weight is 485 g/mol. The minimum Gasteiger partial charge on any atom is -0.482 e. The van der Waals surface area contributed by atoms with Crippen molar-refractivity contribution in [2.24, 2.45) is 0 Å². The van der Waals surface area contributed by atoms with Gasteiger partial charge in [0.05, 0.1) is 15.5 Å². The molecule has 32 heavy (non-hydrogen) atoms. The Morgan fingerprint density at radius 2 is 1.59 bits per heavy atom. The first-order valence-electron chi connectivity index (χ1n) is 9.02. The van der Waals surface area contributed by atoms with E-state index >= 15 is 0 Å². The number of amides is 1. The van der Waals surface area contributed by atoms with Crippen molar-refractivity contribution in [3.8, 4) is 5.75 Å². The van der Waals surface area contributed by atoms with Crippen LogP contribution in [0.1, 0.15) is 5.56 Å². The van der Waals surface area contributed by atoms with Gasteiger partial charge in [-0.1, -0.05) is 29.8 Å². The predicted octanol–water partition coefficient (Wildman–Crippen LogP) is 5.18. The van der Waals surface area contributed by atoms with E-state index in [1.165, 1.54) is 18.2 Å². The molecule has 0 radical (unpaired) electrons. The van der Waals surface area contributed by atoms with Gasteiger partial charge >= 0.3 is 6.18 Å². The molecule has 3 rings (SSSR count). The van der Waals surface area contributed by atoms with Gasteiger partial charge in [0, 0.05) is 11.4 Å². The number of alkyl halides is 3. The summed E-state index contributed by atoms with van der Waals surface area (Å²) in [5.41, 5.74) is -0.301. The van der Waals surface area contributed by atoms with Gasteiger partial charge in [-0.2, -0.15) is 13.2 Å². The summed E-state index contributed by atoms with van der Waals surface area (Å²) in [5, 5.41) is 2.35. The van der Waals surface area contributed by atoms with Crippen molar-refractivity contribution in [3.63, 3.8) is 0 Å². The zero-order chi connectivity index (χ0) is 23.4. The van der Waals surface area contributed by atoms with Gasteiger partial charge in [-0.15, -0.1) is 0 Å². The molecule has 168 valence electrons. The third-order valence-corrected chi connectivity index (χ3v) is 5.77. The smallest absolute Gasteiger partial charge is 0.416 e. The second-order valence-corrected chi connectivity index (χ2v) is 8.57. The summed E-state index contributed by atoms with van der Waals surface area (Å²) < 4.78 is 70.4. The fraction of sp³-hybridized carbons (Fsp3) is 0.0952. The normalized spacial score (nSPS) is 11.6. The number of halogens is 4. The number of carbonyl (C=O) groups excluding carboxylic acids is 1. The number of nitrogens with one attached hydrogen (secondary N) is 2. The van der Waals surface area contributed by atoms with Crippen LogP contribution in [0.25, 0.3) is 0 Å². The van der Waals surface area contributed by atoms with E-state index in [0.717, 1.165) is 24.3 Å². The van der Waals surface area contributed by atoms with Crippen LogP contribution >= 0.6 is 11.6 Å². The highest BCUT2D eigenvalue weighted by molar-refractivity contribution is 7.92. The molecule has 0 saturated heterocycles. The number of sulfonamides is 1. The maximum atomic E-state index is 12.6. The van der Waals surface area contributed by atoms with Gasteiger partial charge in [0.25, 0.3) is 15.9 Å². The summed E-state index contributed by atoms with van der Waals surface area (Å²) >= 11 is 6.09. The van der Waals surface area contributed by atoms with Crippen LogP contribution in [-0.4, -0.2) is 20.9 Å². The Morgan fingerprint density at radius 3 is 2.19 bits per heavy atom. The second kappa shape index (κ2) is 9.49. The highest BCUT2D eigenvalue weighted by atomic mass is 35.5. The van der Waals surface area contributed by atoms with Gasteiger partial charge in [0.2, 0.25) is 0 Å². The standard InChI is InChI=1S/C21H16ClF3N2O4S/c22-18-12-17(32(29,30)27-16-4-2-1-3-5-16)10-11-19(18)31-13-20(28)26-15-8-6-14(7-9-15)21(23,24)25/h1-12,27H,13H2,(H,26,28). The number of carbonyl (C=O) groups is 1. The van der Waals surface area contributed by atoms with Crippen molar-refractivity contribution in [3.05, 3.63) is 83.4 Å². The lowest BCUT2D eigenvalue weighted by Crippen LogP contribution is -2.20. The SMILES string of the molecule is O=C(COc1ccc(S(=O)(=O)Nc2ccccc2)cc1Cl)Nc1ccc(C(F)(F)F)cc1. The molecule has 6 nitrogen and oxygen atoms in total. The number of hydrogen-bond donors (Lipinski definition) is 2. The molecule has 0 unspecified atom stereocenters. The Kier molecular flexibility index (Phi) is 6.95. The molecule has 0 saturated carbocycles. The molecule has 3 aromatic rings. The van der Waals surface area contributed by atoms with Gasteiger partial charge in [0.1, 0.15) is 5.75 Å². The molecular weight excluding hydrogens is 469 g/mol. The molecule has 0 aliphatic carbocycles. The van der Waals surface area contributed by atoms with E-state index < -0.39 is 34.3 Å². The van der Waals surface area contributed by atoms with Crippen LogP contribution in [0.2, 0.25) is 5.02 Å². The summed E-state index contributed by atoms with van der Waals surface area (Å²) in [6.45, 7) is -0.491. The number of ether oxygens (including phenoxy) is 1. The van der Waals surface area contributed by atoms with Crippen LogP contribution in [0.4, 0.5) is 24.5 Å². The Balaban J connectivity index is 1.60. The minimum atomic E-state index is -4.47. The molecule has 2 N–H and O–H groups in total. The zero-order valence-electron chi connectivity index (χ0n) is 16.2. The first-order valence-corrected chi connectivity index (χ1v) is 10.9. The second-order valence-electron chi connectivity index (χ2n) is 6.48. The molecule has 0 heterocycles. The molecule has 0 fully saturated rings. The maximum absolute atomic E-state index is 12.6. The Labute approximate surface area is 187 Å². The highest BCUT2D eigenvalue weighted by Crippen LogP contribution is 2.30. The van der Waals surface area contributed by atoms with Crippen LogP contribution in [0.15, 0.2) is 77.7 Å².